The molecule has 10 rings (SSSR count). The zero-order valence-electron chi connectivity index (χ0n) is 27.3. The average molecular weight is 657 g/mol. The number of nitrogens with zero attached hydrogens (tertiary/aromatic N) is 4. The number of ether oxygens (including phenoxy) is 2. The van der Waals surface area contributed by atoms with E-state index >= 15 is 0 Å². The molecule has 0 spiro atoms. The van der Waals surface area contributed by atoms with Crippen molar-refractivity contribution in [1.82, 2.24) is 19.5 Å². The minimum Gasteiger partial charge on any atom is -0.449 e. The molecule has 2 aromatic heterocycles. The molecule has 6 nitrogen and oxygen atoms in total. The second-order valence-corrected chi connectivity index (χ2v) is 12.5. The van der Waals surface area contributed by atoms with Gasteiger partial charge >= 0.3 is 0 Å². The summed E-state index contributed by atoms with van der Waals surface area (Å²) in [6.07, 6.45) is 0. The van der Waals surface area contributed by atoms with Crippen LogP contribution in [0.25, 0.3) is 72.8 Å². The Morgan fingerprint density at radius 2 is 0.902 bits per heavy atom. The van der Waals surface area contributed by atoms with Gasteiger partial charge in [0.05, 0.1) is 5.52 Å². The van der Waals surface area contributed by atoms with Crippen LogP contribution in [0.2, 0.25) is 0 Å². The van der Waals surface area contributed by atoms with Gasteiger partial charge in [-0.05, 0) is 59.7 Å². The Kier molecular flexibility index (Phi) is 6.70. The lowest BCUT2D eigenvalue weighted by atomic mass is 10.0. The van der Waals surface area contributed by atoms with Gasteiger partial charge in [-0.2, -0.15) is 0 Å². The molecule has 0 bridgehead atoms. The zero-order valence-corrected chi connectivity index (χ0v) is 27.3. The van der Waals surface area contributed by atoms with Crippen LogP contribution in [0.1, 0.15) is 0 Å². The summed E-state index contributed by atoms with van der Waals surface area (Å²) in [6.45, 7) is 0. The van der Waals surface area contributed by atoms with Gasteiger partial charge in [-0.3, -0.25) is 0 Å². The van der Waals surface area contributed by atoms with E-state index in [0.29, 0.717) is 40.5 Å². The second-order valence-electron chi connectivity index (χ2n) is 12.5. The Morgan fingerprint density at radius 3 is 1.57 bits per heavy atom. The van der Waals surface area contributed by atoms with E-state index in [1.54, 1.807) is 0 Å². The van der Waals surface area contributed by atoms with Crippen LogP contribution in [0.5, 0.6) is 23.0 Å². The summed E-state index contributed by atoms with van der Waals surface area (Å²) in [7, 11) is 0. The Hall–Kier alpha value is -7.05. The predicted molar refractivity (Wildman–Crippen MR) is 202 cm³/mol. The van der Waals surface area contributed by atoms with Crippen LogP contribution in [0.3, 0.4) is 0 Å². The molecule has 0 atom stereocenters. The molecule has 9 aromatic rings. The lowest BCUT2D eigenvalue weighted by molar-refractivity contribution is 0.362. The topological polar surface area (TPSA) is 62.1 Å². The molecule has 0 amide bonds. The molecule has 240 valence electrons. The van der Waals surface area contributed by atoms with Crippen LogP contribution in [0.15, 0.2) is 170 Å². The molecule has 0 saturated heterocycles. The highest BCUT2D eigenvalue weighted by atomic mass is 16.6. The van der Waals surface area contributed by atoms with Crippen LogP contribution in [-0.2, 0) is 0 Å². The molecule has 1 aliphatic rings. The van der Waals surface area contributed by atoms with E-state index in [2.05, 4.69) is 77.4 Å². The number of rotatable bonds is 5. The molecular formula is C45H28N4O2. The molecule has 7 aromatic carbocycles. The van der Waals surface area contributed by atoms with E-state index in [4.69, 9.17) is 24.4 Å². The Balaban J connectivity index is 1.26. The average Bonchev–Trinajstić information content (AvgIpc) is 3.56. The van der Waals surface area contributed by atoms with Gasteiger partial charge in [0.2, 0.25) is 0 Å². The maximum absolute atomic E-state index is 6.66. The van der Waals surface area contributed by atoms with Gasteiger partial charge in [0.25, 0.3) is 0 Å². The summed E-state index contributed by atoms with van der Waals surface area (Å²) >= 11 is 0. The van der Waals surface area contributed by atoms with Gasteiger partial charge in [-0.15, -0.1) is 0 Å². The first-order valence-electron chi connectivity index (χ1n) is 16.9. The first kappa shape index (κ1) is 28.9. The highest BCUT2D eigenvalue weighted by Gasteiger charge is 2.26. The smallest absolute Gasteiger partial charge is 0.194 e. The first-order valence-corrected chi connectivity index (χ1v) is 16.9. The number of para-hydroxylation sites is 3. The lowest BCUT2D eigenvalue weighted by Gasteiger charge is -2.22. The normalized spacial score (nSPS) is 11.8. The number of hydrogen-bond donors (Lipinski definition) is 0. The largest absolute Gasteiger partial charge is 0.449 e. The van der Waals surface area contributed by atoms with E-state index in [0.717, 1.165) is 55.3 Å². The molecule has 0 N–H and O–H groups in total. The van der Waals surface area contributed by atoms with E-state index < -0.39 is 0 Å². The predicted octanol–water partition coefficient (Wildman–Crippen LogP) is 11.5. The summed E-state index contributed by atoms with van der Waals surface area (Å²) in [5, 5.41) is 2.18. The first-order chi connectivity index (χ1) is 25.3. The van der Waals surface area contributed by atoms with Crippen molar-refractivity contribution in [3.05, 3.63) is 170 Å². The van der Waals surface area contributed by atoms with Crippen molar-refractivity contribution in [2.24, 2.45) is 0 Å². The number of benzene rings is 7. The van der Waals surface area contributed by atoms with Crippen LogP contribution < -0.4 is 9.47 Å². The number of hydrogen-bond acceptors (Lipinski definition) is 5. The highest BCUT2D eigenvalue weighted by molar-refractivity contribution is 6.12. The van der Waals surface area contributed by atoms with Gasteiger partial charge < -0.3 is 14.0 Å². The van der Waals surface area contributed by atoms with Crippen LogP contribution in [-0.4, -0.2) is 19.5 Å². The van der Waals surface area contributed by atoms with Crippen molar-refractivity contribution in [2.45, 2.75) is 0 Å². The summed E-state index contributed by atoms with van der Waals surface area (Å²) in [6, 6.07) is 57.4. The zero-order chi connectivity index (χ0) is 33.7. The molecule has 0 unspecified atom stereocenters. The van der Waals surface area contributed by atoms with Gasteiger partial charge in [0, 0.05) is 33.2 Å². The Bertz CT molecular complexity index is 2690. The van der Waals surface area contributed by atoms with Gasteiger partial charge in [0.15, 0.2) is 40.5 Å². The molecule has 3 heterocycles. The molecule has 51 heavy (non-hydrogen) atoms. The lowest BCUT2D eigenvalue weighted by Crippen LogP contribution is -2.03. The molecule has 6 heteroatoms. The molecule has 1 aliphatic heterocycles. The second kappa shape index (κ2) is 11.8. The maximum atomic E-state index is 6.66. The fraction of sp³-hybridized carbons (Fsp3) is 0. The minimum absolute atomic E-state index is 0.582. The van der Waals surface area contributed by atoms with Crippen molar-refractivity contribution in [2.75, 3.05) is 0 Å². The van der Waals surface area contributed by atoms with E-state index in [-0.39, 0.29) is 0 Å². The van der Waals surface area contributed by atoms with E-state index in [1.165, 1.54) is 0 Å². The quantitative estimate of drug-likeness (QED) is 0.184. The van der Waals surface area contributed by atoms with Gasteiger partial charge in [-0.1, -0.05) is 121 Å². The maximum Gasteiger partial charge on any atom is 0.194 e. The molecule has 0 radical (unpaired) electrons. The summed E-state index contributed by atoms with van der Waals surface area (Å²) in [5.41, 5.74) is 7.73. The van der Waals surface area contributed by atoms with Gasteiger partial charge in [-0.25, -0.2) is 15.0 Å². The van der Waals surface area contributed by atoms with E-state index in [1.807, 2.05) is 97.1 Å². The SMILES string of the molecule is c1ccc(-c2cc(-c3nc(-c4ccccc4)nc(-c4ccccc4)n3)cc(-n3c4ccccc4c4ccc5c(c43)Oc3ccccc3O5)c2)cc1. The fourth-order valence-corrected chi connectivity index (χ4v) is 6.91. The third kappa shape index (κ3) is 5.01. The summed E-state index contributed by atoms with van der Waals surface area (Å²) in [4.78, 5) is 15.1. The minimum atomic E-state index is 0.582. The summed E-state index contributed by atoms with van der Waals surface area (Å²) in [5.74, 6) is 4.52. The highest BCUT2D eigenvalue weighted by Crippen LogP contribution is 2.51. The molecule has 0 saturated carbocycles. The Labute approximate surface area is 293 Å². The number of aromatic nitrogens is 4. The van der Waals surface area contributed by atoms with Crippen LogP contribution in [0, 0.1) is 0 Å². The van der Waals surface area contributed by atoms with E-state index in [9.17, 15) is 0 Å². The molecule has 0 fully saturated rings. The summed E-state index contributed by atoms with van der Waals surface area (Å²) < 4.78 is 15.3. The van der Waals surface area contributed by atoms with Crippen molar-refractivity contribution in [1.29, 1.82) is 0 Å². The van der Waals surface area contributed by atoms with Gasteiger partial charge in [0.1, 0.15) is 5.52 Å². The standard InChI is InChI=1S/C45H28N4O2/c1-4-14-29(15-5-1)32-26-33(45-47-43(30-16-6-2-7-17-30)46-44(48-45)31-18-8-3-9-19-31)28-34(27-32)49-37-21-11-10-20-35(37)36-24-25-40-42(41(36)49)51-39-23-13-12-22-38(39)50-40/h1-28H. The van der Waals surface area contributed by atoms with Crippen LogP contribution >= 0.6 is 0 Å². The van der Waals surface area contributed by atoms with Crippen molar-refractivity contribution < 1.29 is 9.47 Å². The molecular weight excluding hydrogens is 629 g/mol. The van der Waals surface area contributed by atoms with Crippen molar-refractivity contribution in [3.63, 3.8) is 0 Å². The molecule has 0 aliphatic carbocycles. The Morgan fingerprint density at radius 1 is 0.373 bits per heavy atom. The number of fused-ring (bicyclic) bond motifs is 6. The third-order valence-electron chi connectivity index (χ3n) is 9.28. The third-order valence-corrected chi connectivity index (χ3v) is 9.28. The monoisotopic (exact) mass is 656 g/mol. The van der Waals surface area contributed by atoms with Crippen molar-refractivity contribution in [3.8, 4) is 74.0 Å². The van der Waals surface area contributed by atoms with Crippen molar-refractivity contribution >= 4 is 21.8 Å². The van der Waals surface area contributed by atoms with Crippen LogP contribution in [0.4, 0.5) is 0 Å². The fourth-order valence-electron chi connectivity index (χ4n) is 6.91.